The van der Waals surface area contributed by atoms with Crippen molar-refractivity contribution in [1.29, 1.82) is 0 Å². The Labute approximate surface area is 145 Å². The third kappa shape index (κ3) is 2.65. The lowest BCUT2D eigenvalue weighted by atomic mass is 10.1. The van der Waals surface area contributed by atoms with Crippen molar-refractivity contribution in [1.82, 2.24) is 19.4 Å². The van der Waals surface area contributed by atoms with Gasteiger partial charge in [-0.25, -0.2) is 15.0 Å². The molecule has 4 aromatic rings. The number of nitrogens with zero attached hydrogens (tertiary/aromatic N) is 4. The molecule has 0 amide bonds. The highest BCUT2D eigenvalue weighted by Gasteiger charge is 2.16. The van der Waals surface area contributed by atoms with Crippen LogP contribution in [0.1, 0.15) is 13.8 Å². The Kier molecular flexibility index (Phi) is 3.72. The van der Waals surface area contributed by atoms with E-state index in [0.29, 0.717) is 17.4 Å². The summed E-state index contributed by atoms with van der Waals surface area (Å²) in [4.78, 5) is 13.4. The van der Waals surface area contributed by atoms with E-state index < -0.39 is 0 Å². The molecule has 0 atom stereocenters. The number of para-hydroxylation sites is 1. The fourth-order valence-corrected chi connectivity index (χ4v) is 2.84. The molecule has 4 rings (SSSR count). The molecule has 0 aliphatic rings. The molecule has 3 aromatic heterocycles. The molecule has 0 N–H and O–H groups in total. The van der Waals surface area contributed by atoms with Crippen molar-refractivity contribution in [2.75, 3.05) is 7.11 Å². The van der Waals surface area contributed by atoms with Gasteiger partial charge in [-0.05, 0) is 26.0 Å². The lowest BCUT2D eigenvalue weighted by molar-refractivity contribution is 0.234. The molecule has 0 bridgehead atoms. The number of imidazole rings is 1. The second-order valence-corrected chi connectivity index (χ2v) is 5.97. The van der Waals surface area contributed by atoms with Gasteiger partial charge in [0, 0.05) is 17.8 Å². The van der Waals surface area contributed by atoms with E-state index in [4.69, 9.17) is 9.47 Å². The zero-order chi connectivity index (χ0) is 17.4. The monoisotopic (exact) mass is 334 g/mol. The number of benzene rings is 1. The Morgan fingerprint density at radius 1 is 1.08 bits per heavy atom. The number of hydrogen-bond donors (Lipinski definition) is 0. The second-order valence-electron chi connectivity index (χ2n) is 5.97. The van der Waals surface area contributed by atoms with E-state index in [2.05, 4.69) is 21.0 Å². The molecule has 0 saturated heterocycles. The van der Waals surface area contributed by atoms with Crippen molar-refractivity contribution >= 4 is 16.6 Å². The van der Waals surface area contributed by atoms with Crippen molar-refractivity contribution in [3.8, 4) is 23.0 Å². The van der Waals surface area contributed by atoms with E-state index in [9.17, 15) is 0 Å². The Bertz CT molecular complexity index is 1060. The number of ether oxygens (including phenoxy) is 2. The van der Waals surface area contributed by atoms with Crippen LogP contribution in [-0.2, 0) is 0 Å². The van der Waals surface area contributed by atoms with Gasteiger partial charge in [-0.1, -0.05) is 18.2 Å². The minimum Gasteiger partial charge on any atom is -0.480 e. The Balaban J connectivity index is 1.94. The molecule has 25 heavy (non-hydrogen) atoms. The minimum atomic E-state index is 0.0238. The predicted molar refractivity (Wildman–Crippen MR) is 96.0 cm³/mol. The van der Waals surface area contributed by atoms with E-state index >= 15 is 0 Å². The summed E-state index contributed by atoms with van der Waals surface area (Å²) in [6.45, 7) is 3.93. The second kappa shape index (κ2) is 6.05. The number of aromatic nitrogens is 4. The molecule has 0 unspecified atom stereocenters. The molecule has 0 spiro atoms. The summed E-state index contributed by atoms with van der Waals surface area (Å²) in [5, 5.41) is 1.04. The third-order valence-corrected chi connectivity index (χ3v) is 3.90. The van der Waals surface area contributed by atoms with Crippen molar-refractivity contribution < 1.29 is 9.47 Å². The lowest BCUT2D eigenvalue weighted by Crippen LogP contribution is -2.08. The average molecular weight is 334 g/mol. The summed E-state index contributed by atoms with van der Waals surface area (Å²) in [6.07, 6.45) is 5.38. The molecule has 0 fully saturated rings. The van der Waals surface area contributed by atoms with E-state index in [1.807, 2.05) is 48.7 Å². The maximum Gasteiger partial charge on any atom is 0.258 e. The summed E-state index contributed by atoms with van der Waals surface area (Å²) in [5.74, 6) is 1.07. The molecule has 0 radical (unpaired) electrons. The van der Waals surface area contributed by atoms with E-state index in [-0.39, 0.29) is 6.10 Å². The molecule has 0 aliphatic heterocycles. The number of methoxy groups -OCH3 is 1. The van der Waals surface area contributed by atoms with Crippen LogP contribution in [0.5, 0.6) is 11.8 Å². The van der Waals surface area contributed by atoms with Crippen LogP contribution in [0.3, 0.4) is 0 Å². The van der Waals surface area contributed by atoms with Crippen molar-refractivity contribution in [3.05, 3.63) is 48.9 Å². The van der Waals surface area contributed by atoms with E-state index in [0.717, 1.165) is 22.2 Å². The first-order chi connectivity index (χ1) is 12.2. The predicted octanol–water partition coefficient (Wildman–Crippen LogP) is 3.74. The Morgan fingerprint density at radius 2 is 1.92 bits per heavy atom. The lowest BCUT2D eigenvalue weighted by Gasteiger charge is -2.11. The van der Waals surface area contributed by atoms with E-state index in [1.54, 1.807) is 19.5 Å². The first kappa shape index (κ1) is 15.4. The zero-order valence-electron chi connectivity index (χ0n) is 14.3. The Morgan fingerprint density at radius 3 is 2.72 bits per heavy atom. The smallest absolute Gasteiger partial charge is 0.258 e. The van der Waals surface area contributed by atoms with Crippen LogP contribution in [0.25, 0.3) is 27.8 Å². The molecule has 3 heterocycles. The van der Waals surface area contributed by atoms with Gasteiger partial charge in [0.2, 0.25) is 11.5 Å². The standard InChI is InChI=1S/C19H18N4O2/c1-12(2)25-19-17-21-11-16(23(17)9-8-20-19)14-10-13-6-4-5-7-15(13)22-18(14)24-3/h4-12H,1-3H3. The number of hydrogen-bond acceptors (Lipinski definition) is 5. The van der Waals surface area contributed by atoms with Gasteiger partial charge in [0.05, 0.1) is 36.2 Å². The highest BCUT2D eigenvalue weighted by molar-refractivity contribution is 5.86. The van der Waals surface area contributed by atoms with Crippen molar-refractivity contribution in [3.63, 3.8) is 0 Å². The SMILES string of the molecule is COc1nc2ccccc2cc1-c1cnc2c(OC(C)C)nccn12. The highest BCUT2D eigenvalue weighted by Crippen LogP contribution is 2.33. The molecule has 1 aromatic carbocycles. The molecule has 0 saturated carbocycles. The summed E-state index contributed by atoms with van der Waals surface area (Å²) < 4.78 is 13.2. The largest absolute Gasteiger partial charge is 0.480 e. The van der Waals surface area contributed by atoms with Crippen LogP contribution in [0, 0.1) is 0 Å². The molecule has 0 aliphatic carbocycles. The van der Waals surface area contributed by atoms with Crippen LogP contribution in [-0.4, -0.2) is 32.6 Å². The maximum absolute atomic E-state index is 5.76. The van der Waals surface area contributed by atoms with Gasteiger partial charge in [0.25, 0.3) is 5.88 Å². The molecular weight excluding hydrogens is 316 g/mol. The van der Waals surface area contributed by atoms with Gasteiger partial charge in [0.15, 0.2) is 0 Å². The molecular formula is C19H18N4O2. The van der Waals surface area contributed by atoms with Gasteiger partial charge in [-0.2, -0.15) is 0 Å². The topological polar surface area (TPSA) is 61.5 Å². The van der Waals surface area contributed by atoms with Gasteiger partial charge in [0.1, 0.15) is 0 Å². The van der Waals surface area contributed by atoms with Gasteiger partial charge >= 0.3 is 0 Å². The number of fused-ring (bicyclic) bond motifs is 2. The molecule has 126 valence electrons. The quantitative estimate of drug-likeness (QED) is 0.569. The Hall–Kier alpha value is -3.15. The van der Waals surface area contributed by atoms with Crippen LogP contribution in [0.2, 0.25) is 0 Å². The van der Waals surface area contributed by atoms with E-state index in [1.165, 1.54) is 0 Å². The average Bonchev–Trinajstić information content (AvgIpc) is 3.05. The first-order valence-corrected chi connectivity index (χ1v) is 8.10. The summed E-state index contributed by atoms with van der Waals surface area (Å²) in [6, 6.07) is 10.0. The van der Waals surface area contributed by atoms with Crippen molar-refractivity contribution in [2.45, 2.75) is 20.0 Å². The molecule has 6 heteroatoms. The summed E-state index contributed by atoms with van der Waals surface area (Å²) in [5.41, 5.74) is 3.31. The van der Waals surface area contributed by atoms with Gasteiger partial charge < -0.3 is 9.47 Å². The first-order valence-electron chi connectivity index (χ1n) is 8.10. The third-order valence-electron chi connectivity index (χ3n) is 3.90. The summed E-state index contributed by atoms with van der Waals surface area (Å²) in [7, 11) is 1.62. The number of rotatable bonds is 4. The van der Waals surface area contributed by atoms with Crippen LogP contribution >= 0.6 is 0 Å². The van der Waals surface area contributed by atoms with Crippen molar-refractivity contribution in [2.24, 2.45) is 0 Å². The van der Waals surface area contributed by atoms with Gasteiger partial charge in [-0.3, -0.25) is 4.40 Å². The molecule has 6 nitrogen and oxygen atoms in total. The maximum atomic E-state index is 5.76. The van der Waals surface area contributed by atoms with Crippen LogP contribution in [0.15, 0.2) is 48.9 Å². The van der Waals surface area contributed by atoms with Gasteiger partial charge in [-0.15, -0.1) is 0 Å². The fourth-order valence-electron chi connectivity index (χ4n) is 2.84. The zero-order valence-corrected chi connectivity index (χ0v) is 14.3. The highest BCUT2D eigenvalue weighted by atomic mass is 16.5. The minimum absolute atomic E-state index is 0.0238. The fraction of sp³-hybridized carbons (Fsp3) is 0.211. The summed E-state index contributed by atoms with van der Waals surface area (Å²) >= 11 is 0. The normalized spacial score (nSPS) is 11.4. The number of pyridine rings is 1. The van der Waals surface area contributed by atoms with Crippen LogP contribution in [0.4, 0.5) is 0 Å². The van der Waals surface area contributed by atoms with Crippen LogP contribution < -0.4 is 9.47 Å².